The third-order valence-corrected chi connectivity index (χ3v) is 0. The van der Waals surface area contributed by atoms with Crippen LogP contribution in [0, 0.1) is 0 Å². The van der Waals surface area contributed by atoms with Gasteiger partial charge >= 0.3 is 49.5 Å². The number of rotatable bonds is 0. The van der Waals surface area contributed by atoms with Gasteiger partial charge in [-0.25, -0.2) is 0 Å². The summed E-state index contributed by atoms with van der Waals surface area (Å²) in [5.74, 6) is 0. The van der Waals surface area contributed by atoms with E-state index < -0.39 is 15.5 Å². The Morgan fingerprint density at radius 3 is 0.833 bits per heavy atom. The van der Waals surface area contributed by atoms with Gasteiger partial charge in [0.15, 0.2) is 0 Å². The Labute approximate surface area is 54.4 Å². The molecule has 0 unspecified atom stereocenters. The summed E-state index contributed by atoms with van der Waals surface area (Å²) in [6.07, 6.45) is 0. The Balaban J connectivity index is 0. The summed E-state index contributed by atoms with van der Waals surface area (Å²) in [5.41, 5.74) is 0. The fraction of sp³-hybridized carbons (Fsp3) is 0. The van der Waals surface area contributed by atoms with Crippen molar-refractivity contribution in [3.63, 3.8) is 0 Å². The van der Waals surface area contributed by atoms with Crippen LogP contribution in [0.2, 0.25) is 0 Å². The van der Waals surface area contributed by atoms with E-state index in [9.17, 15) is 0 Å². The Morgan fingerprint density at radius 1 is 0.833 bits per heavy atom. The molecule has 1 nitrogen and oxygen atoms in total. The van der Waals surface area contributed by atoms with Crippen LogP contribution in [-0.4, -0.2) is 21.0 Å². The molecule has 0 bridgehead atoms. The quantitative estimate of drug-likeness (QED) is 0.581. The molecule has 0 rings (SSSR count). The van der Waals surface area contributed by atoms with Crippen LogP contribution >= 0.6 is 34.1 Å². The van der Waals surface area contributed by atoms with Crippen molar-refractivity contribution in [2.75, 3.05) is 0 Å². The average molecular weight is 369 g/mol. The van der Waals surface area contributed by atoms with Gasteiger partial charge in [0.05, 0.1) is 0 Å². The van der Waals surface area contributed by atoms with Gasteiger partial charge in [0, 0.05) is 0 Å². The summed E-state index contributed by atoms with van der Waals surface area (Å²) < 4.78 is 0. The van der Waals surface area contributed by atoms with Crippen LogP contribution in [0.4, 0.5) is 0 Å². The summed E-state index contributed by atoms with van der Waals surface area (Å²) >= 11 is -3.33. The molecule has 0 atom stereocenters. The van der Waals surface area contributed by atoms with Crippen molar-refractivity contribution in [1.82, 2.24) is 0 Å². The third-order valence-electron chi connectivity index (χ3n) is 0. The van der Waals surface area contributed by atoms with Crippen molar-refractivity contribution in [1.29, 1.82) is 0 Å². The van der Waals surface area contributed by atoms with E-state index in [1.807, 2.05) is 0 Å². The monoisotopic (exact) mass is 367 g/mol. The van der Waals surface area contributed by atoms with E-state index in [1.165, 1.54) is 0 Å². The fourth-order valence-corrected chi connectivity index (χ4v) is 0. The third kappa shape index (κ3) is 37.4. The average Bonchev–Trinajstić information content (AvgIpc) is 0.722. The van der Waals surface area contributed by atoms with Gasteiger partial charge in [-0.3, -0.25) is 0 Å². The molecule has 6 heteroatoms. The van der Waals surface area contributed by atoms with Gasteiger partial charge in [-0.05, 0) is 0 Å². The first kappa shape index (κ1) is 10.9. The van der Waals surface area contributed by atoms with E-state index in [0.29, 0.717) is 0 Å². The summed E-state index contributed by atoms with van der Waals surface area (Å²) in [6, 6.07) is 0. The van der Waals surface area contributed by atoms with E-state index in [4.69, 9.17) is 34.1 Å². The molecule has 0 amide bonds. The molecular weight excluding hydrogens is 367 g/mol. The van der Waals surface area contributed by atoms with Crippen LogP contribution in [0.15, 0.2) is 0 Å². The molecule has 0 heterocycles. The molecule has 0 aliphatic rings. The predicted molar refractivity (Wildman–Crippen MR) is 32.8 cm³/mol. The van der Waals surface area contributed by atoms with E-state index in [-0.39, 0.29) is 5.48 Å². The van der Waals surface area contributed by atoms with Crippen LogP contribution in [-0.2, 0) is 0 Å². The second-order valence-corrected chi connectivity index (χ2v) is 30.3. The zero-order valence-electron chi connectivity index (χ0n) is 2.46. The molecule has 0 fully saturated rings. The molecule has 0 aliphatic heterocycles. The SMILES string of the molecule is O.[Cl][Bi]([Cl])([Cl])[Cl]. The molecule has 0 aromatic rings. The summed E-state index contributed by atoms with van der Waals surface area (Å²) in [6.45, 7) is 0. The van der Waals surface area contributed by atoms with Crippen LogP contribution < -0.4 is 0 Å². The van der Waals surface area contributed by atoms with Crippen molar-refractivity contribution >= 4 is 49.5 Å². The van der Waals surface area contributed by atoms with Crippen molar-refractivity contribution in [2.45, 2.75) is 0 Å². The molecule has 0 spiro atoms. The van der Waals surface area contributed by atoms with E-state index in [1.54, 1.807) is 0 Å². The summed E-state index contributed by atoms with van der Waals surface area (Å²) in [5, 5.41) is 0. The van der Waals surface area contributed by atoms with E-state index in [0.717, 1.165) is 0 Å². The van der Waals surface area contributed by atoms with E-state index >= 15 is 0 Å². The molecule has 0 saturated heterocycles. The molecule has 41 valence electrons. The first-order valence-corrected chi connectivity index (χ1v) is 17.8. The first-order chi connectivity index (χ1) is 2.00. The van der Waals surface area contributed by atoms with Gasteiger partial charge in [0.1, 0.15) is 0 Å². The second-order valence-electron chi connectivity index (χ2n) is 0.383. The topological polar surface area (TPSA) is 31.5 Å². The van der Waals surface area contributed by atoms with Gasteiger partial charge in [-0.15, -0.1) is 0 Å². The standard InChI is InChI=1S/Bi.4ClH.H2O/h;4*1H;1H2/q+4;;;;;/p-4. The maximum absolute atomic E-state index is 5.04. The number of halogens is 4. The van der Waals surface area contributed by atoms with E-state index in [2.05, 4.69) is 0 Å². The van der Waals surface area contributed by atoms with Crippen molar-refractivity contribution in [3.8, 4) is 0 Å². The van der Waals surface area contributed by atoms with Crippen LogP contribution in [0.3, 0.4) is 0 Å². The molecule has 2 N–H and O–H groups in total. The Hall–Kier alpha value is 2.00. The van der Waals surface area contributed by atoms with Gasteiger partial charge in [0.25, 0.3) is 0 Å². The Morgan fingerprint density at radius 2 is 0.833 bits per heavy atom. The minimum atomic E-state index is -3.33. The molecular formula is H2BiCl4O. The summed E-state index contributed by atoms with van der Waals surface area (Å²) in [4.78, 5) is 0. The normalized spacial score (nSPS) is 10.0. The van der Waals surface area contributed by atoms with Gasteiger partial charge in [0.2, 0.25) is 0 Å². The number of hydrogen-bond donors (Lipinski definition) is 0. The zero-order chi connectivity index (χ0) is 4.50. The molecule has 0 aliphatic carbocycles. The van der Waals surface area contributed by atoms with Crippen LogP contribution in [0.5, 0.6) is 0 Å². The van der Waals surface area contributed by atoms with Crippen molar-refractivity contribution in [2.24, 2.45) is 0 Å². The van der Waals surface area contributed by atoms with Crippen molar-refractivity contribution < 1.29 is 5.48 Å². The predicted octanol–water partition coefficient (Wildman–Crippen LogP) is 1.55. The van der Waals surface area contributed by atoms with Crippen LogP contribution in [0.1, 0.15) is 0 Å². The van der Waals surface area contributed by atoms with Gasteiger partial charge in [-0.1, -0.05) is 0 Å². The Bertz CT molecular complexity index is 23.0. The van der Waals surface area contributed by atoms with Gasteiger partial charge < -0.3 is 5.48 Å². The van der Waals surface area contributed by atoms with Crippen molar-refractivity contribution in [3.05, 3.63) is 0 Å². The number of hydrogen-bond acceptors (Lipinski definition) is 0. The molecule has 0 aromatic heterocycles. The molecule has 0 saturated carbocycles. The second kappa shape index (κ2) is 3.94. The molecule has 0 aromatic carbocycles. The molecule has 1 radical (unpaired) electrons. The van der Waals surface area contributed by atoms with Crippen LogP contribution in [0.25, 0.3) is 0 Å². The van der Waals surface area contributed by atoms with Gasteiger partial charge in [-0.2, -0.15) is 0 Å². The summed E-state index contributed by atoms with van der Waals surface area (Å²) in [7, 11) is 20.2. The Kier molecular flexibility index (Phi) is 7.15. The first-order valence-electron chi connectivity index (χ1n) is 0.676. The molecule has 6 heavy (non-hydrogen) atoms. The zero-order valence-corrected chi connectivity index (χ0v) is 8.96. The fourth-order valence-electron chi connectivity index (χ4n) is 0. The maximum atomic E-state index is 5.04. The minimum absolute atomic E-state index is 0.